The predicted molar refractivity (Wildman–Crippen MR) is 230 cm³/mol. The Morgan fingerprint density at radius 3 is 1.77 bits per heavy atom. The van der Waals surface area contributed by atoms with E-state index in [4.69, 9.17) is 14.2 Å². The van der Waals surface area contributed by atoms with Crippen LogP contribution in [0.5, 0.6) is 0 Å². The fraction of sp³-hybridized carbons (Fsp3) is 0.306. The van der Waals surface area contributed by atoms with Crippen LogP contribution in [0.2, 0.25) is 0 Å². The lowest BCUT2D eigenvalue weighted by atomic mass is 9.97. The number of nitrogens with one attached hydrogen (secondary N) is 1. The van der Waals surface area contributed by atoms with Crippen molar-refractivity contribution in [2.45, 2.75) is 84.3 Å². The number of fused-ring (bicyclic) bond motifs is 2. The Morgan fingerprint density at radius 2 is 1.16 bits per heavy atom. The van der Waals surface area contributed by atoms with Gasteiger partial charge in [0.25, 0.3) is 11.8 Å². The first-order chi connectivity index (χ1) is 29.2. The summed E-state index contributed by atoms with van der Waals surface area (Å²) in [5, 5.41) is 2.87. The van der Waals surface area contributed by atoms with Crippen LogP contribution in [0, 0.1) is 0 Å². The van der Waals surface area contributed by atoms with Gasteiger partial charge in [0.1, 0.15) is 24.4 Å². The molecule has 0 saturated carbocycles. The molecule has 316 valence electrons. The largest absolute Gasteiger partial charge is 0.457 e. The molecule has 4 aromatic carbocycles. The predicted octanol–water partition coefficient (Wildman–Crippen LogP) is 7.11. The number of hydrogen-bond acceptors (Lipinski definition) is 9. The third kappa shape index (κ3) is 11.1. The summed E-state index contributed by atoms with van der Waals surface area (Å²) < 4.78 is 17.0. The fourth-order valence-electron chi connectivity index (χ4n) is 7.13. The van der Waals surface area contributed by atoms with Crippen molar-refractivity contribution < 1.29 is 43.0 Å². The molecule has 6 rings (SSSR count). The minimum Gasteiger partial charge on any atom is -0.457 e. The van der Waals surface area contributed by atoms with Gasteiger partial charge in [0.05, 0.1) is 17.8 Å². The van der Waals surface area contributed by atoms with Gasteiger partial charge >= 0.3 is 11.9 Å². The van der Waals surface area contributed by atoms with Crippen LogP contribution in [-0.2, 0) is 62.7 Å². The van der Waals surface area contributed by atoms with E-state index in [2.05, 4.69) is 11.4 Å². The molecule has 0 spiro atoms. The highest BCUT2D eigenvalue weighted by Gasteiger charge is 2.51. The number of nitrogens with zero attached hydrogens (tertiary/aromatic N) is 2. The van der Waals surface area contributed by atoms with E-state index in [9.17, 15) is 28.8 Å². The number of carbonyl (C=O) groups is 6. The number of benzene rings is 4. The van der Waals surface area contributed by atoms with Crippen LogP contribution in [0.15, 0.2) is 120 Å². The SMILES string of the molecule is CC(C)(CCC(=O)NCCC(=O)N1Cc2ccccc2/C=C\c2ccccc21)OCCC(C)(C)N1C(=O)C(C(=O)OCc2ccccc2)=C(C(=O)OCc2ccccc2)C1=O. The maximum Gasteiger partial charge on any atom is 0.345 e. The second-order valence-electron chi connectivity index (χ2n) is 16.2. The van der Waals surface area contributed by atoms with E-state index in [-0.39, 0.29) is 57.4 Å². The van der Waals surface area contributed by atoms with Crippen LogP contribution < -0.4 is 10.2 Å². The van der Waals surface area contributed by atoms with Crippen molar-refractivity contribution in [1.82, 2.24) is 10.2 Å². The van der Waals surface area contributed by atoms with Gasteiger partial charge in [0, 0.05) is 31.5 Å². The van der Waals surface area contributed by atoms with E-state index in [0.717, 1.165) is 27.3 Å². The molecule has 0 saturated heterocycles. The number of carbonyl (C=O) groups excluding carboxylic acids is 6. The van der Waals surface area contributed by atoms with Gasteiger partial charge in [-0.2, -0.15) is 0 Å². The quantitative estimate of drug-likeness (QED) is 0.0669. The normalized spacial score (nSPS) is 14.4. The van der Waals surface area contributed by atoms with Crippen molar-refractivity contribution in [3.8, 4) is 0 Å². The van der Waals surface area contributed by atoms with E-state index in [1.165, 1.54) is 0 Å². The molecule has 0 fully saturated rings. The first kappa shape index (κ1) is 43.9. The number of rotatable bonds is 17. The number of imide groups is 1. The lowest BCUT2D eigenvalue weighted by molar-refractivity contribution is -0.148. The van der Waals surface area contributed by atoms with Gasteiger partial charge in [-0.05, 0) is 74.4 Å². The number of esters is 2. The molecule has 4 amide bonds. The number of amides is 4. The van der Waals surface area contributed by atoms with Crippen molar-refractivity contribution in [3.05, 3.63) is 148 Å². The highest BCUT2D eigenvalue weighted by atomic mass is 16.5. The van der Waals surface area contributed by atoms with Crippen molar-refractivity contribution in [1.29, 1.82) is 0 Å². The zero-order chi connectivity index (χ0) is 43.6. The highest BCUT2D eigenvalue weighted by molar-refractivity contribution is 6.38. The van der Waals surface area contributed by atoms with E-state index < -0.39 is 46.0 Å². The first-order valence-corrected chi connectivity index (χ1v) is 20.4. The molecular formula is C49H51N3O9. The third-order valence-corrected chi connectivity index (χ3v) is 10.7. The molecule has 2 heterocycles. The fourth-order valence-corrected chi connectivity index (χ4v) is 7.13. The smallest absolute Gasteiger partial charge is 0.345 e. The van der Waals surface area contributed by atoms with Crippen molar-refractivity contribution in [2.24, 2.45) is 0 Å². The van der Waals surface area contributed by atoms with Gasteiger partial charge < -0.3 is 24.4 Å². The summed E-state index contributed by atoms with van der Waals surface area (Å²) >= 11 is 0. The van der Waals surface area contributed by atoms with Crippen LogP contribution in [0.25, 0.3) is 12.2 Å². The molecule has 0 radical (unpaired) electrons. The molecule has 12 nitrogen and oxygen atoms in total. The summed E-state index contributed by atoms with van der Waals surface area (Å²) in [6.07, 6.45) is 4.79. The van der Waals surface area contributed by atoms with E-state index in [1.54, 1.807) is 79.4 Å². The highest BCUT2D eigenvalue weighted by Crippen LogP contribution is 2.33. The van der Waals surface area contributed by atoms with Gasteiger partial charge in [-0.15, -0.1) is 0 Å². The minimum absolute atomic E-state index is 0.0738. The molecular weight excluding hydrogens is 775 g/mol. The molecule has 12 heteroatoms. The standard InChI is InChI=1S/C49H51N3O9/c1-48(2,52-44(55)42(46(57)59-32-34-15-7-5-8-16-34)43(45(52)56)47(58)60-33-35-17-9-6-10-18-35)28-30-61-49(3,4)27-25-40(53)50-29-26-41(54)51-31-38-21-12-11-19-36(38)23-24-37-20-13-14-22-39(37)51/h5-24H,25-33H2,1-4H3,(H,50,53)/b24-23-. The van der Waals surface area contributed by atoms with Gasteiger partial charge in [-0.25, -0.2) is 9.59 Å². The molecule has 0 bridgehead atoms. The minimum atomic E-state index is -1.22. The molecule has 2 aliphatic rings. The second-order valence-corrected chi connectivity index (χ2v) is 16.2. The second kappa shape index (κ2) is 19.6. The average molecular weight is 826 g/mol. The van der Waals surface area contributed by atoms with Gasteiger partial charge in [-0.1, -0.05) is 115 Å². The molecule has 0 atom stereocenters. The molecule has 1 N–H and O–H groups in total. The van der Waals surface area contributed by atoms with Crippen LogP contribution in [-0.4, -0.2) is 64.8 Å². The van der Waals surface area contributed by atoms with E-state index >= 15 is 0 Å². The molecule has 0 aliphatic carbocycles. The lowest BCUT2D eigenvalue weighted by Crippen LogP contribution is -2.50. The number of anilines is 1. The van der Waals surface area contributed by atoms with Crippen LogP contribution >= 0.6 is 0 Å². The van der Waals surface area contributed by atoms with E-state index in [1.807, 2.05) is 68.5 Å². The summed E-state index contributed by atoms with van der Waals surface area (Å²) in [5.74, 6) is -4.50. The Hall–Kier alpha value is -6.66. The maximum atomic E-state index is 13.9. The summed E-state index contributed by atoms with van der Waals surface area (Å²) in [5.41, 5.74) is 1.75. The average Bonchev–Trinajstić information content (AvgIpc) is 3.52. The van der Waals surface area contributed by atoms with Crippen molar-refractivity contribution in [3.63, 3.8) is 0 Å². The zero-order valence-corrected chi connectivity index (χ0v) is 35.0. The monoisotopic (exact) mass is 825 g/mol. The molecule has 61 heavy (non-hydrogen) atoms. The summed E-state index contributed by atoms with van der Waals surface area (Å²) in [6.45, 7) is 7.23. The molecule has 4 aromatic rings. The van der Waals surface area contributed by atoms with Crippen LogP contribution in [0.4, 0.5) is 5.69 Å². The summed E-state index contributed by atoms with van der Waals surface area (Å²) in [4.78, 5) is 83.9. The first-order valence-electron chi connectivity index (χ1n) is 20.4. The molecule has 0 aromatic heterocycles. The van der Waals surface area contributed by atoms with Gasteiger partial charge in [0.15, 0.2) is 0 Å². The Kier molecular flexibility index (Phi) is 14.1. The lowest BCUT2D eigenvalue weighted by Gasteiger charge is -2.35. The Morgan fingerprint density at radius 1 is 0.639 bits per heavy atom. The van der Waals surface area contributed by atoms with Crippen LogP contribution in [0.3, 0.4) is 0 Å². The molecule has 2 aliphatic heterocycles. The van der Waals surface area contributed by atoms with Gasteiger partial charge in [-0.3, -0.25) is 24.1 Å². The third-order valence-electron chi connectivity index (χ3n) is 10.7. The van der Waals surface area contributed by atoms with E-state index in [0.29, 0.717) is 24.1 Å². The van der Waals surface area contributed by atoms with Gasteiger partial charge in [0.2, 0.25) is 11.8 Å². The summed E-state index contributed by atoms with van der Waals surface area (Å²) in [7, 11) is 0. The zero-order valence-electron chi connectivity index (χ0n) is 35.0. The Balaban J connectivity index is 1.01. The topological polar surface area (TPSA) is 149 Å². The maximum absolute atomic E-state index is 13.9. The number of hydrogen-bond donors (Lipinski definition) is 1. The number of ether oxygens (including phenoxy) is 3. The Bertz CT molecular complexity index is 2260. The van der Waals surface area contributed by atoms with Crippen molar-refractivity contribution in [2.75, 3.05) is 18.1 Å². The van der Waals surface area contributed by atoms with Crippen LogP contribution in [0.1, 0.15) is 81.2 Å². The molecule has 0 unspecified atom stereocenters. The number of para-hydroxylation sites is 1. The summed E-state index contributed by atoms with van der Waals surface area (Å²) in [6, 6.07) is 33.3. The van der Waals surface area contributed by atoms with Crippen molar-refractivity contribution >= 4 is 53.4 Å². The Labute approximate surface area is 356 Å².